The van der Waals surface area contributed by atoms with E-state index in [1.807, 2.05) is 75.7 Å². The molecule has 3 aromatic carbocycles. The van der Waals surface area contributed by atoms with Gasteiger partial charge in [-0.25, -0.2) is 0 Å². The lowest BCUT2D eigenvalue weighted by atomic mass is 9.99. The Balaban J connectivity index is 1.43. The van der Waals surface area contributed by atoms with Crippen LogP contribution in [0.25, 0.3) is 0 Å². The minimum atomic E-state index is -0.692. The zero-order chi connectivity index (χ0) is 33.6. The third-order valence-corrected chi connectivity index (χ3v) is 8.83. The summed E-state index contributed by atoms with van der Waals surface area (Å²) in [6.45, 7) is 8.93. The summed E-state index contributed by atoms with van der Waals surface area (Å²) in [7, 11) is 6.05. The van der Waals surface area contributed by atoms with Crippen molar-refractivity contribution in [2.45, 2.75) is 71.2 Å². The van der Waals surface area contributed by atoms with Crippen LogP contribution in [0, 0.1) is 5.92 Å². The maximum atomic E-state index is 14.0. The van der Waals surface area contributed by atoms with Crippen LogP contribution in [-0.4, -0.2) is 81.0 Å². The molecular formula is C39H55N5O3. The number of carbonyl (C=O) groups excluding carboxylic acids is 2. The molecule has 254 valence electrons. The number of ether oxygens (including phenoxy) is 1. The molecule has 0 aromatic heterocycles. The maximum Gasteiger partial charge on any atom is 0.242 e. The van der Waals surface area contributed by atoms with Crippen molar-refractivity contribution in [3.05, 3.63) is 95.6 Å². The fourth-order valence-electron chi connectivity index (χ4n) is 6.05. The first-order valence-electron chi connectivity index (χ1n) is 17.2. The Morgan fingerprint density at radius 3 is 2.11 bits per heavy atom. The minimum Gasteiger partial charge on any atom is -0.489 e. The van der Waals surface area contributed by atoms with Gasteiger partial charge < -0.3 is 25.2 Å². The molecule has 1 saturated heterocycles. The predicted molar refractivity (Wildman–Crippen MR) is 192 cm³/mol. The highest BCUT2D eigenvalue weighted by Gasteiger charge is 2.29. The maximum absolute atomic E-state index is 14.0. The van der Waals surface area contributed by atoms with Crippen LogP contribution >= 0.6 is 0 Å². The molecule has 47 heavy (non-hydrogen) atoms. The van der Waals surface area contributed by atoms with E-state index < -0.39 is 6.04 Å². The third-order valence-electron chi connectivity index (χ3n) is 8.83. The molecule has 2 amide bonds. The molecule has 0 bridgehead atoms. The molecule has 0 saturated carbocycles. The quantitative estimate of drug-likeness (QED) is 0.203. The van der Waals surface area contributed by atoms with E-state index >= 15 is 0 Å². The highest BCUT2D eigenvalue weighted by atomic mass is 16.5. The fraction of sp³-hybridized carbons (Fsp3) is 0.487. The first-order valence-corrected chi connectivity index (χ1v) is 17.2. The topological polar surface area (TPSA) is 77.1 Å². The predicted octanol–water partition coefficient (Wildman–Crippen LogP) is 5.51. The summed E-state index contributed by atoms with van der Waals surface area (Å²) in [5.74, 6) is 0.807. The molecule has 4 rings (SSSR count). The summed E-state index contributed by atoms with van der Waals surface area (Å²) >= 11 is 0. The molecule has 1 aliphatic rings. The van der Waals surface area contributed by atoms with Crippen LogP contribution in [0.5, 0.6) is 5.75 Å². The van der Waals surface area contributed by atoms with Crippen molar-refractivity contribution in [3.63, 3.8) is 0 Å². The number of amides is 2. The number of hydrogen-bond acceptors (Lipinski definition) is 6. The van der Waals surface area contributed by atoms with Crippen LogP contribution in [0.1, 0.15) is 56.2 Å². The molecule has 0 aliphatic carbocycles. The second-order valence-electron chi connectivity index (χ2n) is 13.5. The van der Waals surface area contributed by atoms with Crippen molar-refractivity contribution in [1.29, 1.82) is 0 Å². The van der Waals surface area contributed by atoms with Gasteiger partial charge in [-0.05, 0) is 86.3 Å². The average Bonchev–Trinajstić information content (AvgIpc) is 3.07. The lowest BCUT2D eigenvalue weighted by molar-refractivity contribution is -0.132. The Kier molecular flexibility index (Phi) is 14.1. The van der Waals surface area contributed by atoms with Crippen LogP contribution in [-0.2, 0) is 29.2 Å². The van der Waals surface area contributed by atoms with Gasteiger partial charge >= 0.3 is 0 Å². The number of likely N-dealkylation sites (tertiary alicyclic amines) is 1. The Labute approximate surface area is 282 Å². The van der Waals surface area contributed by atoms with Crippen LogP contribution in [0.15, 0.2) is 78.9 Å². The van der Waals surface area contributed by atoms with Crippen LogP contribution in [0.3, 0.4) is 0 Å². The first-order chi connectivity index (χ1) is 22.7. The number of piperidine rings is 1. The van der Waals surface area contributed by atoms with E-state index in [2.05, 4.69) is 63.4 Å². The molecule has 0 unspecified atom stereocenters. The van der Waals surface area contributed by atoms with Crippen molar-refractivity contribution in [2.75, 3.05) is 52.2 Å². The molecule has 8 heteroatoms. The number of nitrogens with zero attached hydrogens (tertiary/aromatic N) is 3. The molecule has 0 radical (unpaired) electrons. The highest BCUT2D eigenvalue weighted by molar-refractivity contribution is 5.90. The molecular weight excluding hydrogens is 586 g/mol. The van der Waals surface area contributed by atoms with Crippen LogP contribution < -0.4 is 20.3 Å². The molecule has 2 N–H and O–H groups in total. The van der Waals surface area contributed by atoms with Crippen molar-refractivity contribution in [1.82, 2.24) is 20.4 Å². The Morgan fingerprint density at radius 2 is 1.47 bits per heavy atom. The second kappa shape index (κ2) is 18.5. The average molecular weight is 642 g/mol. The Bertz CT molecular complexity index is 1360. The van der Waals surface area contributed by atoms with Gasteiger partial charge in [0.1, 0.15) is 18.4 Å². The van der Waals surface area contributed by atoms with Gasteiger partial charge in [-0.3, -0.25) is 14.5 Å². The van der Waals surface area contributed by atoms with Crippen molar-refractivity contribution in [3.8, 4) is 5.75 Å². The van der Waals surface area contributed by atoms with E-state index in [9.17, 15) is 9.59 Å². The number of rotatable bonds is 17. The smallest absolute Gasteiger partial charge is 0.242 e. The number of nitrogens with one attached hydrogen (secondary N) is 2. The van der Waals surface area contributed by atoms with E-state index in [0.29, 0.717) is 38.5 Å². The van der Waals surface area contributed by atoms with Gasteiger partial charge in [0.25, 0.3) is 0 Å². The molecule has 2 atom stereocenters. The SMILES string of the molecule is CC(C)C[C@@H](C(=O)N[C@@H](Cc1ccc(OCc2ccccc2)cc1)C(=O)NCCN1CCCCC1)N(C)Cc1ccc(N(C)C)cc1. The van der Waals surface area contributed by atoms with Crippen LogP contribution in [0.2, 0.25) is 0 Å². The monoisotopic (exact) mass is 641 g/mol. The zero-order valence-electron chi connectivity index (χ0n) is 29.1. The van der Waals surface area contributed by atoms with Crippen molar-refractivity contribution in [2.24, 2.45) is 5.92 Å². The highest BCUT2D eigenvalue weighted by Crippen LogP contribution is 2.19. The van der Waals surface area contributed by atoms with Gasteiger partial charge in [0.05, 0.1) is 6.04 Å². The van der Waals surface area contributed by atoms with E-state index in [1.54, 1.807) is 0 Å². The molecule has 1 fully saturated rings. The summed E-state index contributed by atoms with van der Waals surface area (Å²) in [5, 5.41) is 6.30. The number of anilines is 1. The zero-order valence-corrected chi connectivity index (χ0v) is 29.1. The van der Waals surface area contributed by atoms with E-state index in [-0.39, 0.29) is 17.9 Å². The molecule has 0 spiro atoms. The number of benzene rings is 3. The third kappa shape index (κ3) is 12.0. The molecule has 1 heterocycles. The molecule has 3 aromatic rings. The summed E-state index contributed by atoms with van der Waals surface area (Å²) in [4.78, 5) is 34.2. The van der Waals surface area contributed by atoms with Crippen LogP contribution in [0.4, 0.5) is 5.69 Å². The number of carbonyl (C=O) groups is 2. The van der Waals surface area contributed by atoms with E-state index in [0.717, 1.165) is 47.8 Å². The summed E-state index contributed by atoms with van der Waals surface area (Å²) in [6.07, 6.45) is 4.78. The first kappa shape index (κ1) is 36.0. The Morgan fingerprint density at radius 1 is 0.809 bits per heavy atom. The number of hydrogen-bond donors (Lipinski definition) is 2. The normalized spacial score (nSPS) is 14.9. The van der Waals surface area contributed by atoms with E-state index in [4.69, 9.17) is 4.74 Å². The second-order valence-corrected chi connectivity index (χ2v) is 13.5. The summed E-state index contributed by atoms with van der Waals surface area (Å²) in [6, 6.07) is 25.3. The van der Waals surface area contributed by atoms with Gasteiger partial charge in [-0.1, -0.05) is 74.9 Å². The molecule has 1 aliphatic heterocycles. The van der Waals surface area contributed by atoms with Crippen molar-refractivity contribution >= 4 is 17.5 Å². The standard InChI is InChI=1S/C39H55N5O3/c1-30(2)26-37(43(5)28-32-14-18-34(19-15-32)42(3)4)39(46)41-36(38(45)40-22-25-44-23-10-7-11-24-44)27-31-16-20-35(21-17-31)47-29-33-12-8-6-9-13-33/h6,8-9,12-21,30,36-37H,7,10-11,22-29H2,1-5H3,(H,40,45)(H,41,46)/t36-,37-/m0/s1. The lowest BCUT2D eigenvalue weighted by Crippen LogP contribution is -2.54. The largest absolute Gasteiger partial charge is 0.489 e. The minimum absolute atomic E-state index is 0.120. The summed E-state index contributed by atoms with van der Waals surface area (Å²) < 4.78 is 5.97. The van der Waals surface area contributed by atoms with Gasteiger partial charge in [-0.2, -0.15) is 0 Å². The van der Waals surface area contributed by atoms with Gasteiger partial charge in [0, 0.05) is 45.8 Å². The van der Waals surface area contributed by atoms with Gasteiger partial charge in [0.2, 0.25) is 11.8 Å². The number of likely N-dealkylation sites (N-methyl/N-ethyl adjacent to an activating group) is 1. The van der Waals surface area contributed by atoms with E-state index in [1.165, 1.54) is 19.3 Å². The summed E-state index contributed by atoms with van der Waals surface area (Å²) in [5.41, 5.74) is 4.34. The lowest BCUT2D eigenvalue weighted by Gasteiger charge is -2.31. The van der Waals surface area contributed by atoms with Gasteiger partial charge in [-0.15, -0.1) is 0 Å². The van der Waals surface area contributed by atoms with Crippen molar-refractivity contribution < 1.29 is 14.3 Å². The Hall–Kier alpha value is -3.88. The van der Waals surface area contributed by atoms with Gasteiger partial charge in [0.15, 0.2) is 0 Å². The fourth-order valence-corrected chi connectivity index (χ4v) is 6.05. The molecule has 8 nitrogen and oxygen atoms in total.